The van der Waals surface area contributed by atoms with E-state index in [1.54, 1.807) is 12.1 Å². The maximum absolute atomic E-state index is 9.26. The molecule has 1 unspecified atom stereocenters. The third-order valence-electron chi connectivity index (χ3n) is 3.06. The quantitative estimate of drug-likeness (QED) is 0.844. The second-order valence-corrected chi connectivity index (χ2v) is 4.42. The fourth-order valence-corrected chi connectivity index (χ4v) is 2.00. The summed E-state index contributed by atoms with van der Waals surface area (Å²) in [6, 6.07) is 11.9. The molecule has 0 fully saturated rings. The highest BCUT2D eigenvalue weighted by atomic mass is 16.3. The molecule has 0 radical (unpaired) electrons. The van der Waals surface area contributed by atoms with Crippen LogP contribution in [0, 0.1) is 0 Å². The fraction of sp³-hybridized carbons (Fsp3) is 0.267. The third-order valence-corrected chi connectivity index (χ3v) is 3.06. The Bertz CT molecular complexity index is 468. The number of hydrogen-bond donors (Lipinski definition) is 2. The lowest BCUT2D eigenvalue weighted by Gasteiger charge is -2.16. The van der Waals surface area contributed by atoms with E-state index in [-0.39, 0.29) is 0 Å². The first-order valence-electron chi connectivity index (χ1n) is 6.12. The van der Waals surface area contributed by atoms with Crippen LogP contribution in [0.3, 0.4) is 0 Å². The van der Waals surface area contributed by atoms with E-state index < -0.39 is 0 Å². The Morgan fingerprint density at radius 2 is 1.56 bits per heavy atom. The van der Waals surface area contributed by atoms with Gasteiger partial charge in [0.25, 0.3) is 0 Å². The van der Waals surface area contributed by atoms with E-state index in [0.717, 1.165) is 12.8 Å². The summed E-state index contributed by atoms with van der Waals surface area (Å²) < 4.78 is 0. The number of benzene rings is 1. The molecule has 1 aromatic heterocycles. The maximum Gasteiger partial charge on any atom is 0.115 e. The molecular formula is C15H18N2O. The van der Waals surface area contributed by atoms with Crippen LogP contribution in [0.25, 0.3) is 0 Å². The van der Waals surface area contributed by atoms with E-state index in [1.807, 2.05) is 43.7 Å². The molecule has 0 amide bonds. The predicted octanol–water partition coefficient (Wildman–Crippen LogP) is 2.16. The van der Waals surface area contributed by atoms with E-state index in [1.165, 1.54) is 11.1 Å². The average Bonchev–Trinajstić information content (AvgIpc) is 2.41. The van der Waals surface area contributed by atoms with Crippen LogP contribution in [0.5, 0.6) is 5.75 Å². The molecular weight excluding hydrogens is 224 g/mol. The average molecular weight is 242 g/mol. The molecule has 18 heavy (non-hydrogen) atoms. The van der Waals surface area contributed by atoms with Gasteiger partial charge in [-0.3, -0.25) is 4.98 Å². The topological polar surface area (TPSA) is 45.2 Å². The summed E-state index contributed by atoms with van der Waals surface area (Å²) in [5.74, 6) is 0.314. The normalized spacial score (nSPS) is 12.3. The number of rotatable bonds is 5. The van der Waals surface area contributed by atoms with Gasteiger partial charge >= 0.3 is 0 Å². The number of nitrogens with zero attached hydrogens (tertiary/aromatic N) is 1. The van der Waals surface area contributed by atoms with Gasteiger partial charge in [-0.25, -0.2) is 0 Å². The maximum atomic E-state index is 9.26. The summed E-state index contributed by atoms with van der Waals surface area (Å²) >= 11 is 0. The summed E-state index contributed by atoms with van der Waals surface area (Å²) in [5.41, 5.74) is 2.50. The molecule has 1 heterocycles. The van der Waals surface area contributed by atoms with Crippen molar-refractivity contribution in [2.75, 3.05) is 7.05 Å². The summed E-state index contributed by atoms with van der Waals surface area (Å²) in [6.45, 7) is 0. The molecule has 2 aromatic rings. The van der Waals surface area contributed by atoms with Crippen LogP contribution in [0.1, 0.15) is 11.1 Å². The molecule has 3 nitrogen and oxygen atoms in total. The van der Waals surface area contributed by atoms with Crippen LogP contribution in [0.4, 0.5) is 0 Å². The van der Waals surface area contributed by atoms with Crippen LogP contribution in [0.2, 0.25) is 0 Å². The van der Waals surface area contributed by atoms with Gasteiger partial charge in [0.15, 0.2) is 0 Å². The molecule has 1 aromatic carbocycles. The van der Waals surface area contributed by atoms with Crippen LogP contribution in [-0.4, -0.2) is 23.2 Å². The molecule has 1 atom stereocenters. The van der Waals surface area contributed by atoms with E-state index in [9.17, 15) is 5.11 Å². The highest BCUT2D eigenvalue weighted by Crippen LogP contribution is 2.13. The fourth-order valence-electron chi connectivity index (χ4n) is 2.00. The van der Waals surface area contributed by atoms with Gasteiger partial charge in [-0.05, 0) is 55.3 Å². The molecule has 94 valence electrons. The Kier molecular flexibility index (Phi) is 4.31. The summed E-state index contributed by atoms with van der Waals surface area (Å²) in [5, 5.41) is 12.6. The van der Waals surface area contributed by atoms with Crippen molar-refractivity contribution in [1.29, 1.82) is 0 Å². The van der Waals surface area contributed by atoms with E-state index >= 15 is 0 Å². The number of phenols is 1. The van der Waals surface area contributed by atoms with Crippen LogP contribution >= 0.6 is 0 Å². The first-order valence-corrected chi connectivity index (χ1v) is 6.12. The van der Waals surface area contributed by atoms with Gasteiger partial charge < -0.3 is 10.4 Å². The van der Waals surface area contributed by atoms with Crippen molar-refractivity contribution >= 4 is 0 Å². The molecule has 2 rings (SSSR count). The lowest BCUT2D eigenvalue weighted by Crippen LogP contribution is -2.29. The molecule has 0 saturated heterocycles. The standard InChI is InChI=1S/C15H18N2O/c1-16-14(11-13-6-8-17-9-7-13)10-12-2-4-15(18)5-3-12/h2-9,14,16,18H,10-11H2,1H3. The summed E-state index contributed by atoms with van der Waals surface area (Å²) in [4.78, 5) is 4.02. The van der Waals surface area contributed by atoms with Crippen molar-refractivity contribution in [2.24, 2.45) is 0 Å². The second kappa shape index (κ2) is 6.17. The molecule has 0 spiro atoms. The highest BCUT2D eigenvalue weighted by molar-refractivity contribution is 5.26. The van der Waals surface area contributed by atoms with Crippen molar-refractivity contribution in [2.45, 2.75) is 18.9 Å². The Labute approximate surface area is 108 Å². The van der Waals surface area contributed by atoms with Crippen LogP contribution in [-0.2, 0) is 12.8 Å². The lowest BCUT2D eigenvalue weighted by molar-refractivity contribution is 0.474. The van der Waals surface area contributed by atoms with Crippen molar-refractivity contribution in [3.05, 3.63) is 59.9 Å². The van der Waals surface area contributed by atoms with Gasteiger partial charge in [0.2, 0.25) is 0 Å². The number of nitrogens with one attached hydrogen (secondary N) is 1. The Balaban J connectivity index is 1.99. The third kappa shape index (κ3) is 3.57. The number of pyridine rings is 1. The van der Waals surface area contributed by atoms with Gasteiger partial charge in [0.05, 0.1) is 0 Å². The van der Waals surface area contributed by atoms with Crippen molar-refractivity contribution in [3.63, 3.8) is 0 Å². The molecule has 0 aliphatic rings. The van der Waals surface area contributed by atoms with E-state index in [0.29, 0.717) is 11.8 Å². The number of aromatic nitrogens is 1. The van der Waals surface area contributed by atoms with Crippen molar-refractivity contribution in [3.8, 4) is 5.75 Å². The molecule has 0 bridgehead atoms. The van der Waals surface area contributed by atoms with Gasteiger partial charge in [-0.1, -0.05) is 12.1 Å². The Morgan fingerprint density at radius 1 is 1.00 bits per heavy atom. The minimum atomic E-state index is 0.314. The summed E-state index contributed by atoms with van der Waals surface area (Å²) in [6.07, 6.45) is 5.56. The van der Waals surface area contributed by atoms with Crippen molar-refractivity contribution in [1.82, 2.24) is 10.3 Å². The Hall–Kier alpha value is -1.87. The van der Waals surface area contributed by atoms with Crippen LogP contribution < -0.4 is 5.32 Å². The number of aromatic hydroxyl groups is 1. The largest absolute Gasteiger partial charge is 0.508 e. The molecule has 2 N–H and O–H groups in total. The van der Waals surface area contributed by atoms with Gasteiger partial charge in [0, 0.05) is 18.4 Å². The molecule has 0 saturated carbocycles. The number of phenolic OH excluding ortho intramolecular Hbond substituents is 1. The number of likely N-dealkylation sites (N-methyl/N-ethyl adjacent to an activating group) is 1. The molecule has 0 aliphatic carbocycles. The molecule has 3 heteroatoms. The first-order chi connectivity index (χ1) is 8.78. The Morgan fingerprint density at radius 3 is 2.11 bits per heavy atom. The SMILES string of the molecule is CNC(Cc1ccncc1)Cc1ccc(O)cc1. The predicted molar refractivity (Wildman–Crippen MR) is 72.6 cm³/mol. The highest BCUT2D eigenvalue weighted by Gasteiger charge is 2.08. The first kappa shape index (κ1) is 12.6. The number of hydrogen-bond acceptors (Lipinski definition) is 3. The van der Waals surface area contributed by atoms with E-state index in [4.69, 9.17) is 0 Å². The van der Waals surface area contributed by atoms with Gasteiger partial charge in [-0.15, -0.1) is 0 Å². The lowest BCUT2D eigenvalue weighted by atomic mass is 10.00. The molecule has 0 aliphatic heterocycles. The van der Waals surface area contributed by atoms with E-state index in [2.05, 4.69) is 10.3 Å². The minimum Gasteiger partial charge on any atom is -0.508 e. The zero-order valence-corrected chi connectivity index (χ0v) is 10.5. The van der Waals surface area contributed by atoms with Crippen molar-refractivity contribution < 1.29 is 5.11 Å². The second-order valence-electron chi connectivity index (χ2n) is 4.42. The van der Waals surface area contributed by atoms with Crippen LogP contribution in [0.15, 0.2) is 48.8 Å². The zero-order chi connectivity index (χ0) is 12.8. The monoisotopic (exact) mass is 242 g/mol. The van der Waals surface area contributed by atoms with Gasteiger partial charge in [-0.2, -0.15) is 0 Å². The smallest absolute Gasteiger partial charge is 0.115 e. The van der Waals surface area contributed by atoms with Gasteiger partial charge in [0.1, 0.15) is 5.75 Å². The summed E-state index contributed by atoms with van der Waals surface area (Å²) in [7, 11) is 1.98. The minimum absolute atomic E-state index is 0.314. The zero-order valence-electron chi connectivity index (χ0n) is 10.5.